The molecule has 2 rings (SSSR count). The van der Waals surface area contributed by atoms with E-state index >= 15 is 0 Å². The van der Waals surface area contributed by atoms with Crippen molar-refractivity contribution in [3.05, 3.63) is 29.1 Å². The Hall–Kier alpha value is -1.71. The number of aryl methyl sites for hydroxylation is 1. The number of rotatable bonds is 1. The number of hydrogen-bond acceptors (Lipinski definition) is 4. The summed E-state index contributed by atoms with van der Waals surface area (Å²) >= 11 is 0. The maximum Gasteiger partial charge on any atom is 0.356 e. The van der Waals surface area contributed by atoms with Crippen LogP contribution in [0.1, 0.15) is 33.0 Å². The van der Waals surface area contributed by atoms with Gasteiger partial charge in [-0.2, -0.15) is 0 Å². The monoisotopic (exact) mass is 191 g/mol. The second-order valence-corrected chi connectivity index (χ2v) is 3.12. The van der Waals surface area contributed by atoms with E-state index in [9.17, 15) is 9.59 Å². The maximum atomic E-state index is 11.3. The number of carbonyl (C=O) groups excluding carboxylic acids is 2. The number of Topliss-reactive ketones (excluding diaryl/α,β-unsaturated/α-hetero) is 1. The summed E-state index contributed by atoms with van der Waals surface area (Å²) in [6.07, 6.45) is 1.22. The highest BCUT2D eigenvalue weighted by atomic mass is 16.5. The molecule has 0 amide bonds. The number of ether oxygens (including phenoxy) is 1. The van der Waals surface area contributed by atoms with Crippen molar-refractivity contribution in [1.29, 1.82) is 0 Å². The summed E-state index contributed by atoms with van der Waals surface area (Å²) in [5.41, 5.74) is 1.54. The van der Waals surface area contributed by atoms with Gasteiger partial charge in [0.15, 0.2) is 5.78 Å². The molecule has 0 radical (unpaired) electrons. The zero-order chi connectivity index (χ0) is 10.1. The van der Waals surface area contributed by atoms with Crippen LogP contribution in [0.15, 0.2) is 12.1 Å². The topological polar surface area (TPSA) is 56.3 Å². The lowest BCUT2D eigenvalue weighted by Gasteiger charge is -2.00. The van der Waals surface area contributed by atoms with Gasteiger partial charge in [0, 0.05) is 6.42 Å². The molecule has 0 fully saturated rings. The molecule has 0 saturated carbocycles. The van der Waals surface area contributed by atoms with E-state index in [2.05, 4.69) is 9.72 Å². The highest BCUT2D eigenvalue weighted by molar-refractivity contribution is 5.99. The average Bonchev–Trinajstić information content (AvgIpc) is 2.59. The molecule has 4 nitrogen and oxygen atoms in total. The standard InChI is InChI=1S/C10H9NO3/c1-14-10(13)7-4-2-6-3-5-8(12)9(6)11-7/h2,4H,3,5H2,1H3. The van der Waals surface area contributed by atoms with Crippen molar-refractivity contribution in [3.8, 4) is 0 Å². The molecule has 1 aliphatic carbocycles. The van der Waals surface area contributed by atoms with Crippen LogP contribution in [-0.4, -0.2) is 23.8 Å². The summed E-state index contributed by atoms with van der Waals surface area (Å²) in [4.78, 5) is 26.4. The molecule has 0 aliphatic heterocycles. The van der Waals surface area contributed by atoms with Crippen LogP contribution in [0.25, 0.3) is 0 Å². The largest absolute Gasteiger partial charge is 0.464 e. The molecular weight excluding hydrogens is 182 g/mol. The number of esters is 1. The fourth-order valence-corrected chi connectivity index (χ4v) is 1.52. The van der Waals surface area contributed by atoms with Crippen LogP contribution in [0, 0.1) is 0 Å². The normalized spacial score (nSPS) is 13.9. The van der Waals surface area contributed by atoms with Gasteiger partial charge in [0.05, 0.1) is 7.11 Å². The third kappa shape index (κ3) is 1.28. The summed E-state index contributed by atoms with van der Waals surface area (Å²) in [5.74, 6) is -0.502. The Balaban J connectivity index is 2.44. The third-order valence-corrected chi connectivity index (χ3v) is 2.26. The maximum absolute atomic E-state index is 11.3. The molecule has 0 unspecified atom stereocenters. The smallest absolute Gasteiger partial charge is 0.356 e. The number of pyridine rings is 1. The molecule has 0 atom stereocenters. The van der Waals surface area contributed by atoms with Crippen molar-refractivity contribution in [2.45, 2.75) is 12.8 Å². The van der Waals surface area contributed by atoms with E-state index in [1.54, 1.807) is 12.1 Å². The average molecular weight is 191 g/mol. The number of nitrogens with zero attached hydrogens (tertiary/aromatic N) is 1. The fraction of sp³-hybridized carbons (Fsp3) is 0.300. The number of carbonyl (C=O) groups is 2. The molecule has 0 spiro atoms. The second-order valence-electron chi connectivity index (χ2n) is 3.12. The van der Waals surface area contributed by atoms with Crippen LogP contribution in [-0.2, 0) is 11.2 Å². The lowest BCUT2D eigenvalue weighted by atomic mass is 10.2. The van der Waals surface area contributed by atoms with Gasteiger partial charge in [-0.15, -0.1) is 0 Å². The summed E-state index contributed by atoms with van der Waals surface area (Å²) in [5, 5.41) is 0. The van der Waals surface area contributed by atoms with Crippen molar-refractivity contribution in [3.63, 3.8) is 0 Å². The van der Waals surface area contributed by atoms with Crippen molar-refractivity contribution in [2.24, 2.45) is 0 Å². The number of hydrogen-bond donors (Lipinski definition) is 0. The van der Waals surface area contributed by atoms with Crippen molar-refractivity contribution >= 4 is 11.8 Å². The minimum absolute atomic E-state index is 0.00533. The quantitative estimate of drug-likeness (QED) is 0.621. The van der Waals surface area contributed by atoms with E-state index < -0.39 is 5.97 Å². The number of methoxy groups -OCH3 is 1. The summed E-state index contributed by atoms with van der Waals surface area (Å²) < 4.78 is 4.52. The molecule has 1 aliphatic rings. The van der Waals surface area contributed by atoms with Crippen LogP contribution in [0.5, 0.6) is 0 Å². The van der Waals surface area contributed by atoms with Gasteiger partial charge in [0.2, 0.25) is 0 Å². The second kappa shape index (κ2) is 3.21. The van der Waals surface area contributed by atoms with Crippen molar-refractivity contribution in [2.75, 3.05) is 7.11 Å². The molecule has 4 heteroatoms. The van der Waals surface area contributed by atoms with Crippen LogP contribution >= 0.6 is 0 Å². The van der Waals surface area contributed by atoms with E-state index in [-0.39, 0.29) is 11.5 Å². The van der Waals surface area contributed by atoms with Gasteiger partial charge >= 0.3 is 5.97 Å². The van der Waals surface area contributed by atoms with Crippen LogP contribution in [0.2, 0.25) is 0 Å². The number of ketones is 1. The summed E-state index contributed by atoms with van der Waals surface area (Å²) in [6.45, 7) is 0. The van der Waals surface area contributed by atoms with E-state index in [0.29, 0.717) is 12.1 Å². The molecule has 0 bridgehead atoms. The van der Waals surface area contributed by atoms with Gasteiger partial charge in [0.1, 0.15) is 11.4 Å². The molecule has 1 aromatic heterocycles. The first kappa shape index (κ1) is 8.87. The first-order chi connectivity index (χ1) is 6.72. The summed E-state index contributed by atoms with van der Waals surface area (Å²) in [7, 11) is 1.29. The Bertz CT molecular complexity index is 412. The predicted molar refractivity (Wildman–Crippen MR) is 48.2 cm³/mol. The molecule has 0 N–H and O–H groups in total. The molecular formula is C10H9NO3. The van der Waals surface area contributed by atoms with E-state index in [0.717, 1.165) is 12.0 Å². The number of fused-ring (bicyclic) bond motifs is 1. The van der Waals surface area contributed by atoms with Crippen LogP contribution in [0.3, 0.4) is 0 Å². The van der Waals surface area contributed by atoms with E-state index in [4.69, 9.17) is 0 Å². The molecule has 1 heterocycles. The lowest BCUT2D eigenvalue weighted by molar-refractivity contribution is 0.0594. The Morgan fingerprint density at radius 1 is 1.43 bits per heavy atom. The Kier molecular flexibility index (Phi) is 2.04. The molecule has 1 aromatic rings. The molecule has 14 heavy (non-hydrogen) atoms. The van der Waals surface area contributed by atoms with E-state index in [1.807, 2.05) is 0 Å². The highest BCUT2D eigenvalue weighted by Crippen LogP contribution is 2.20. The zero-order valence-electron chi connectivity index (χ0n) is 7.74. The van der Waals surface area contributed by atoms with Gasteiger partial charge in [-0.3, -0.25) is 4.79 Å². The minimum Gasteiger partial charge on any atom is -0.464 e. The summed E-state index contributed by atoms with van der Waals surface area (Å²) in [6, 6.07) is 3.35. The third-order valence-electron chi connectivity index (χ3n) is 2.26. The van der Waals surface area contributed by atoms with Gasteiger partial charge in [-0.1, -0.05) is 6.07 Å². The Labute approximate surface area is 80.9 Å². The first-order valence-corrected chi connectivity index (χ1v) is 4.34. The predicted octanol–water partition coefficient (Wildman–Crippen LogP) is 0.997. The van der Waals surface area contributed by atoms with Crippen molar-refractivity contribution in [1.82, 2.24) is 4.98 Å². The zero-order valence-corrected chi connectivity index (χ0v) is 7.74. The Morgan fingerprint density at radius 3 is 2.93 bits per heavy atom. The van der Waals surface area contributed by atoms with Crippen LogP contribution in [0.4, 0.5) is 0 Å². The minimum atomic E-state index is -0.507. The SMILES string of the molecule is COC(=O)c1ccc2c(n1)C(=O)CC2. The van der Waals surface area contributed by atoms with Crippen molar-refractivity contribution < 1.29 is 14.3 Å². The fourth-order valence-electron chi connectivity index (χ4n) is 1.52. The molecule has 0 saturated heterocycles. The van der Waals surface area contributed by atoms with E-state index in [1.165, 1.54) is 7.11 Å². The Morgan fingerprint density at radius 2 is 2.21 bits per heavy atom. The number of aromatic nitrogens is 1. The van der Waals surface area contributed by atoms with Crippen LogP contribution < -0.4 is 0 Å². The van der Waals surface area contributed by atoms with Gasteiger partial charge in [0.25, 0.3) is 0 Å². The molecule has 72 valence electrons. The van der Waals surface area contributed by atoms with Gasteiger partial charge in [-0.05, 0) is 18.1 Å². The molecule has 0 aromatic carbocycles. The lowest BCUT2D eigenvalue weighted by Crippen LogP contribution is -2.07. The highest BCUT2D eigenvalue weighted by Gasteiger charge is 2.22. The van der Waals surface area contributed by atoms with Gasteiger partial charge in [-0.25, -0.2) is 9.78 Å². The van der Waals surface area contributed by atoms with Gasteiger partial charge < -0.3 is 4.74 Å². The first-order valence-electron chi connectivity index (χ1n) is 4.34.